The van der Waals surface area contributed by atoms with Crippen LogP contribution in [0.15, 0.2) is 79.1 Å². The Bertz CT molecular complexity index is 1130. The van der Waals surface area contributed by atoms with Gasteiger partial charge >= 0.3 is 0 Å². The zero-order chi connectivity index (χ0) is 20.4. The number of aromatic nitrogens is 3. The first kappa shape index (κ1) is 18.7. The molecule has 4 rings (SSSR count). The summed E-state index contributed by atoms with van der Waals surface area (Å²) in [5, 5.41) is 7.84. The summed E-state index contributed by atoms with van der Waals surface area (Å²) in [7, 11) is 0. The van der Waals surface area contributed by atoms with Gasteiger partial charge in [-0.1, -0.05) is 42.5 Å². The summed E-state index contributed by atoms with van der Waals surface area (Å²) in [4.78, 5) is 13.3. The summed E-state index contributed by atoms with van der Waals surface area (Å²) in [6.07, 6.45) is 3.86. The van der Waals surface area contributed by atoms with Gasteiger partial charge in [0.2, 0.25) is 0 Å². The van der Waals surface area contributed by atoms with Gasteiger partial charge in [0, 0.05) is 12.4 Å². The molecule has 2 aromatic carbocycles. The van der Waals surface area contributed by atoms with E-state index in [0.717, 1.165) is 22.6 Å². The van der Waals surface area contributed by atoms with Crippen molar-refractivity contribution < 1.29 is 4.79 Å². The number of aryl methyl sites for hydroxylation is 2. The molecule has 2 aromatic heterocycles. The summed E-state index contributed by atoms with van der Waals surface area (Å²) >= 11 is 0. The Kier molecular flexibility index (Phi) is 5.04. The standard InChI is InChI=1S/C24H24N4O/c1-17-10-9-13-21(16-17)28-24(27-14-7-8-15-27)22(19(3)26-28)23(29)25-18(2)20-11-5-4-6-12-20/h4-16,18H,1-3H3,(H,25,29). The van der Waals surface area contributed by atoms with Crippen LogP contribution in [0.25, 0.3) is 11.5 Å². The molecule has 1 atom stereocenters. The average molecular weight is 384 g/mol. The number of carbonyl (C=O) groups excluding carboxylic acids is 1. The number of nitrogens with zero attached hydrogens (tertiary/aromatic N) is 3. The van der Waals surface area contributed by atoms with Crippen molar-refractivity contribution in [3.8, 4) is 11.5 Å². The van der Waals surface area contributed by atoms with Gasteiger partial charge in [-0.2, -0.15) is 5.10 Å². The molecule has 146 valence electrons. The Morgan fingerprint density at radius 1 is 0.966 bits per heavy atom. The van der Waals surface area contributed by atoms with Gasteiger partial charge in [-0.05, 0) is 56.2 Å². The van der Waals surface area contributed by atoms with Crippen molar-refractivity contribution in [2.45, 2.75) is 26.8 Å². The van der Waals surface area contributed by atoms with Crippen LogP contribution in [0.4, 0.5) is 0 Å². The van der Waals surface area contributed by atoms with Crippen LogP contribution >= 0.6 is 0 Å². The van der Waals surface area contributed by atoms with Crippen molar-refractivity contribution >= 4 is 5.91 Å². The quantitative estimate of drug-likeness (QED) is 0.539. The van der Waals surface area contributed by atoms with Crippen LogP contribution in [0.3, 0.4) is 0 Å². The van der Waals surface area contributed by atoms with Crippen LogP contribution < -0.4 is 5.32 Å². The highest BCUT2D eigenvalue weighted by Gasteiger charge is 2.24. The van der Waals surface area contributed by atoms with Crippen LogP contribution in [-0.2, 0) is 0 Å². The highest BCUT2D eigenvalue weighted by Crippen LogP contribution is 2.24. The van der Waals surface area contributed by atoms with Crippen LogP contribution in [0.5, 0.6) is 0 Å². The van der Waals surface area contributed by atoms with Crippen molar-refractivity contribution in [1.29, 1.82) is 0 Å². The lowest BCUT2D eigenvalue weighted by Gasteiger charge is -2.16. The predicted molar refractivity (Wildman–Crippen MR) is 115 cm³/mol. The molecule has 0 bridgehead atoms. The molecule has 0 saturated heterocycles. The number of nitrogens with one attached hydrogen (secondary N) is 1. The first-order valence-electron chi connectivity index (χ1n) is 9.70. The number of benzene rings is 2. The maximum Gasteiger partial charge on any atom is 0.257 e. The third kappa shape index (κ3) is 3.72. The van der Waals surface area contributed by atoms with E-state index in [-0.39, 0.29) is 11.9 Å². The van der Waals surface area contributed by atoms with Crippen molar-refractivity contribution in [2.75, 3.05) is 0 Å². The van der Waals surface area contributed by atoms with Crippen LogP contribution in [0.2, 0.25) is 0 Å². The minimum atomic E-state index is -0.138. The topological polar surface area (TPSA) is 51.9 Å². The number of rotatable bonds is 5. The fraction of sp³-hybridized carbons (Fsp3) is 0.167. The molecule has 1 amide bonds. The SMILES string of the molecule is Cc1cccc(-n2nc(C)c(C(=O)NC(C)c3ccccc3)c2-n2cccc2)c1. The van der Waals surface area contributed by atoms with Gasteiger partial charge in [-0.3, -0.25) is 4.79 Å². The van der Waals surface area contributed by atoms with Crippen molar-refractivity contribution in [3.05, 3.63) is 102 Å². The monoisotopic (exact) mass is 384 g/mol. The smallest absolute Gasteiger partial charge is 0.257 e. The van der Waals surface area contributed by atoms with Crippen LogP contribution in [0.1, 0.15) is 40.1 Å². The van der Waals surface area contributed by atoms with Crippen molar-refractivity contribution in [2.24, 2.45) is 0 Å². The molecule has 5 nitrogen and oxygen atoms in total. The van der Waals surface area contributed by atoms with Gasteiger partial charge in [0.05, 0.1) is 17.4 Å². The van der Waals surface area contributed by atoms with Crippen molar-refractivity contribution in [1.82, 2.24) is 19.7 Å². The summed E-state index contributed by atoms with van der Waals surface area (Å²) in [5.74, 6) is 0.595. The van der Waals surface area contributed by atoms with Gasteiger partial charge in [0.25, 0.3) is 5.91 Å². The third-order valence-corrected chi connectivity index (χ3v) is 5.01. The van der Waals surface area contributed by atoms with E-state index in [0.29, 0.717) is 11.3 Å². The Labute approximate surface area is 170 Å². The maximum atomic E-state index is 13.3. The second kappa shape index (κ2) is 7.80. The summed E-state index contributed by atoms with van der Waals surface area (Å²) in [6.45, 7) is 5.91. The molecule has 1 N–H and O–H groups in total. The summed E-state index contributed by atoms with van der Waals surface area (Å²) in [5.41, 5.74) is 4.38. The first-order valence-corrected chi connectivity index (χ1v) is 9.70. The molecule has 0 saturated carbocycles. The number of carbonyl (C=O) groups is 1. The van der Waals surface area contributed by atoms with Crippen LogP contribution in [0, 0.1) is 13.8 Å². The first-order chi connectivity index (χ1) is 14.0. The zero-order valence-corrected chi connectivity index (χ0v) is 16.8. The second-order valence-electron chi connectivity index (χ2n) is 7.23. The van der Waals surface area contributed by atoms with E-state index in [1.165, 1.54) is 0 Å². The molecule has 0 fully saturated rings. The lowest BCUT2D eigenvalue weighted by Crippen LogP contribution is -2.28. The average Bonchev–Trinajstić information content (AvgIpc) is 3.36. The number of hydrogen-bond acceptors (Lipinski definition) is 2. The van der Waals surface area contributed by atoms with Gasteiger partial charge in [0.1, 0.15) is 5.56 Å². The third-order valence-electron chi connectivity index (χ3n) is 5.01. The lowest BCUT2D eigenvalue weighted by molar-refractivity contribution is 0.0939. The molecular weight excluding hydrogens is 360 g/mol. The van der Waals surface area contributed by atoms with Gasteiger partial charge in [-0.25, -0.2) is 4.68 Å². The Balaban J connectivity index is 1.78. The number of hydrogen-bond donors (Lipinski definition) is 1. The van der Waals surface area contributed by atoms with E-state index in [1.807, 2.05) is 103 Å². The molecule has 1 unspecified atom stereocenters. The van der Waals surface area contributed by atoms with E-state index < -0.39 is 0 Å². The van der Waals surface area contributed by atoms with E-state index in [9.17, 15) is 4.79 Å². The molecular formula is C24H24N4O. The summed E-state index contributed by atoms with van der Waals surface area (Å²) < 4.78 is 3.77. The molecule has 0 radical (unpaired) electrons. The Morgan fingerprint density at radius 3 is 2.38 bits per heavy atom. The normalized spacial score (nSPS) is 12.0. The van der Waals surface area contributed by atoms with Crippen molar-refractivity contribution in [3.63, 3.8) is 0 Å². The maximum absolute atomic E-state index is 13.3. The Hall–Kier alpha value is -3.60. The summed E-state index contributed by atoms with van der Waals surface area (Å²) in [6, 6.07) is 21.8. The van der Waals surface area contributed by atoms with Crippen LogP contribution in [-0.4, -0.2) is 20.3 Å². The Morgan fingerprint density at radius 2 is 1.69 bits per heavy atom. The largest absolute Gasteiger partial charge is 0.345 e. The minimum Gasteiger partial charge on any atom is -0.345 e. The minimum absolute atomic E-state index is 0.108. The molecule has 0 aliphatic rings. The second-order valence-corrected chi connectivity index (χ2v) is 7.23. The molecule has 4 aromatic rings. The molecule has 0 spiro atoms. The van der Waals surface area contributed by atoms with Gasteiger partial charge < -0.3 is 9.88 Å². The molecule has 5 heteroatoms. The fourth-order valence-electron chi connectivity index (χ4n) is 3.53. The lowest BCUT2D eigenvalue weighted by atomic mass is 10.1. The van der Waals surface area contributed by atoms with E-state index in [4.69, 9.17) is 5.10 Å². The highest BCUT2D eigenvalue weighted by atomic mass is 16.1. The molecule has 2 heterocycles. The fourth-order valence-corrected chi connectivity index (χ4v) is 3.53. The van der Waals surface area contributed by atoms with E-state index in [1.54, 1.807) is 0 Å². The molecule has 29 heavy (non-hydrogen) atoms. The van der Waals surface area contributed by atoms with Gasteiger partial charge in [0.15, 0.2) is 5.82 Å². The van der Waals surface area contributed by atoms with E-state index >= 15 is 0 Å². The van der Waals surface area contributed by atoms with Gasteiger partial charge in [-0.15, -0.1) is 0 Å². The zero-order valence-electron chi connectivity index (χ0n) is 16.8. The highest BCUT2D eigenvalue weighted by molar-refractivity contribution is 5.99. The van der Waals surface area contributed by atoms with E-state index in [2.05, 4.69) is 11.4 Å². The molecule has 0 aliphatic carbocycles. The molecule has 0 aliphatic heterocycles. The predicted octanol–water partition coefficient (Wildman–Crippen LogP) is 4.77. The number of amides is 1.